The quantitative estimate of drug-likeness (QED) is 0.0171. The van der Waals surface area contributed by atoms with E-state index < -0.39 is 41.9 Å². The zero-order valence-corrected chi connectivity index (χ0v) is 41.4. The number of nitrogens with one attached hydrogen (secondary N) is 4. The van der Waals surface area contributed by atoms with Gasteiger partial charge in [-0.05, 0) is 32.6 Å². The third kappa shape index (κ3) is 46.5. The van der Waals surface area contributed by atoms with Crippen molar-refractivity contribution in [2.75, 3.05) is 147 Å². The Labute approximate surface area is 414 Å². The first-order valence-electron chi connectivity index (χ1n) is 22.5. The SMILES string of the molecule is COCCOCC(=O)N[C@@H](CCCN=C(N)N)C(=O)O.COCCOCCOCCOCC(=O)N[C@@H](CCCN=C(N)N)C(C)=O.COCCOCCOCCOCC(=O)N[C@@H](Cc1cnc[nH]1)C(=O)O. The number of H-pyrrole nitrogens is 1. The smallest absolute Gasteiger partial charge is 0.326 e. The molecule has 1 heterocycles. The number of aliphatic carboxylic acids is 2. The monoisotopic (exact) mass is 1030 g/mol. The second kappa shape index (κ2) is 48.0. The molecule has 0 saturated heterocycles. The van der Waals surface area contributed by atoms with Crippen molar-refractivity contribution in [2.24, 2.45) is 32.9 Å². The number of nitrogens with two attached hydrogens (primary N) is 4. The molecule has 0 unspecified atom stereocenters. The molecule has 0 saturated carbocycles. The van der Waals surface area contributed by atoms with Gasteiger partial charge in [-0.1, -0.05) is 0 Å². The molecule has 0 aliphatic heterocycles. The lowest BCUT2D eigenvalue weighted by molar-refractivity contribution is -0.143. The predicted octanol–water partition coefficient (Wildman–Crippen LogP) is -3.70. The van der Waals surface area contributed by atoms with Crippen molar-refractivity contribution in [1.29, 1.82) is 0 Å². The summed E-state index contributed by atoms with van der Waals surface area (Å²) in [5, 5.41) is 25.5. The molecule has 14 N–H and O–H groups in total. The van der Waals surface area contributed by atoms with Crippen LogP contribution in [0, 0.1) is 0 Å². The molecule has 1 rings (SSSR count). The number of aromatic nitrogens is 2. The summed E-state index contributed by atoms with van der Waals surface area (Å²) in [4.78, 5) is 82.9. The number of ketones is 1. The Bertz CT molecular complexity index is 1590. The molecule has 410 valence electrons. The van der Waals surface area contributed by atoms with Crippen molar-refractivity contribution in [3.63, 3.8) is 0 Å². The Morgan fingerprint density at radius 3 is 1.23 bits per heavy atom. The number of carbonyl (C=O) groups is 6. The molecule has 29 nitrogen and oxygen atoms in total. The van der Waals surface area contributed by atoms with Crippen molar-refractivity contribution in [1.82, 2.24) is 25.9 Å². The molecule has 0 aliphatic rings. The van der Waals surface area contributed by atoms with Gasteiger partial charge in [0.2, 0.25) is 17.7 Å². The zero-order valence-electron chi connectivity index (χ0n) is 41.4. The number of guanidine groups is 2. The first-order valence-corrected chi connectivity index (χ1v) is 22.5. The number of aromatic amines is 1. The summed E-state index contributed by atoms with van der Waals surface area (Å²) in [6.07, 6.45) is 4.80. The van der Waals surface area contributed by atoms with E-state index in [0.717, 1.165) is 0 Å². The molecule has 71 heavy (non-hydrogen) atoms. The third-order valence-corrected chi connectivity index (χ3v) is 8.44. The second-order valence-electron chi connectivity index (χ2n) is 14.4. The first-order chi connectivity index (χ1) is 34.1. The number of hydrogen-bond donors (Lipinski definition) is 10. The molecule has 0 radical (unpaired) electrons. The van der Waals surface area contributed by atoms with E-state index in [1.807, 2.05) is 0 Å². The summed E-state index contributed by atoms with van der Waals surface area (Å²) in [6, 6.07) is -2.60. The van der Waals surface area contributed by atoms with Gasteiger partial charge >= 0.3 is 11.9 Å². The number of ether oxygens (including phenoxy) is 10. The predicted molar refractivity (Wildman–Crippen MR) is 255 cm³/mol. The van der Waals surface area contributed by atoms with Crippen LogP contribution in [0.15, 0.2) is 22.5 Å². The molecule has 3 atom stereocenters. The molecule has 0 aliphatic carbocycles. The molecular weight excluding hydrogens is 947 g/mol. The van der Waals surface area contributed by atoms with Crippen LogP contribution < -0.4 is 38.9 Å². The van der Waals surface area contributed by atoms with Crippen LogP contribution in [-0.4, -0.2) is 232 Å². The normalized spacial score (nSPS) is 11.8. The molecule has 0 bridgehead atoms. The van der Waals surface area contributed by atoms with Crippen molar-refractivity contribution in [3.8, 4) is 0 Å². The number of nitrogens with zero attached hydrogens (tertiary/aromatic N) is 3. The Morgan fingerprint density at radius 2 is 0.887 bits per heavy atom. The number of Topliss-reactive ketones (excluding diaryl/α,β-unsaturated/α-hetero) is 1. The van der Waals surface area contributed by atoms with Crippen LogP contribution in [0.2, 0.25) is 0 Å². The summed E-state index contributed by atoms with van der Waals surface area (Å²) in [7, 11) is 4.72. The fraction of sp³-hybridized carbons (Fsp3) is 0.738. The standard InChI is InChI=1S/C16H32N4O6.C15H25N3O7.C11H22N4O5/c1-13(21)14(4-3-5-19-16(17)18)20-15(22)12-26-11-10-25-9-8-24-7-6-23-2;1-22-2-3-23-4-5-24-6-7-25-10-14(19)18-13(15(20)21)8-12-9-16-11-17-12;1-19-5-6-20-7-9(16)15-8(10(17)18)3-2-4-14-11(12)13/h14H,3-12H2,1-2H3,(H,20,22)(H4,17,18,19);9,11,13H,2-8,10H2,1H3,(H,16,17)(H,18,19)(H,20,21);8H,2-7H2,1H3,(H,15,16)(H,17,18)(H4,12,13,14)/t14-;13-;8-/m000/s1. The Morgan fingerprint density at radius 1 is 0.549 bits per heavy atom. The van der Waals surface area contributed by atoms with Crippen LogP contribution in [0.25, 0.3) is 0 Å². The third-order valence-electron chi connectivity index (χ3n) is 8.44. The second-order valence-corrected chi connectivity index (χ2v) is 14.4. The van der Waals surface area contributed by atoms with Crippen LogP contribution in [0.1, 0.15) is 38.3 Å². The lowest BCUT2D eigenvalue weighted by atomic mass is 10.1. The largest absolute Gasteiger partial charge is 0.480 e. The summed E-state index contributed by atoms with van der Waals surface area (Å²) in [5.74, 6) is -3.75. The molecule has 1 aromatic heterocycles. The van der Waals surface area contributed by atoms with Crippen LogP contribution >= 0.6 is 0 Å². The number of aliphatic imine (C=N–C) groups is 2. The Kier molecular flexibility index (Phi) is 45.6. The number of rotatable bonds is 43. The van der Waals surface area contributed by atoms with E-state index in [9.17, 15) is 28.8 Å². The molecular formula is C42H79N11O18. The lowest BCUT2D eigenvalue weighted by Crippen LogP contribution is -2.44. The van der Waals surface area contributed by atoms with Crippen molar-refractivity contribution >= 4 is 47.4 Å². The van der Waals surface area contributed by atoms with Gasteiger partial charge in [-0.3, -0.25) is 29.2 Å². The van der Waals surface area contributed by atoms with Crippen LogP contribution in [0.4, 0.5) is 0 Å². The Hall–Kier alpha value is -5.63. The minimum atomic E-state index is -1.13. The highest BCUT2D eigenvalue weighted by Gasteiger charge is 2.22. The van der Waals surface area contributed by atoms with Crippen LogP contribution in [0.5, 0.6) is 0 Å². The number of amides is 3. The highest BCUT2D eigenvalue weighted by Crippen LogP contribution is 2.02. The van der Waals surface area contributed by atoms with E-state index in [1.165, 1.54) is 26.6 Å². The average Bonchev–Trinajstić information content (AvgIpc) is 3.84. The lowest BCUT2D eigenvalue weighted by Gasteiger charge is -2.15. The van der Waals surface area contributed by atoms with E-state index in [1.54, 1.807) is 14.2 Å². The molecule has 0 fully saturated rings. The number of hydrogen-bond acceptors (Lipinski definition) is 19. The molecule has 29 heteroatoms. The highest BCUT2D eigenvalue weighted by atomic mass is 16.6. The fourth-order valence-corrected chi connectivity index (χ4v) is 4.97. The van der Waals surface area contributed by atoms with Gasteiger partial charge in [-0.25, -0.2) is 14.6 Å². The van der Waals surface area contributed by atoms with Gasteiger partial charge in [0.15, 0.2) is 17.7 Å². The maximum absolute atomic E-state index is 11.8. The van der Waals surface area contributed by atoms with Crippen LogP contribution in [0.3, 0.4) is 0 Å². The first kappa shape index (κ1) is 67.4. The summed E-state index contributed by atoms with van der Waals surface area (Å²) < 4.78 is 50.8. The van der Waals surface area contributed by atoms with Gasteiger partial charge in [0.25, 0.3) is 0 Å². The topological polar surface area (TPSA) is 429 Å². The highest BCUT2D eigenvalue weighted by molar-refractivity contribution is 5.88. The summed E-state index contributed by atoms with van der Waals surface area (Å²) in [6.45, 7) is 7.31. The van der Waals surface area contributed by atoms with Crippen molar-refractivity contribution < 1.29 is 86.3 Å². The maximum Gasteiger partial charge on any atom is 0.326 e. The van der Waals surface area contributed by atoms with Crippen molar-refractivity contribution in [2.45, 2.75) is 57.2 Å². The number of carbonyl (C=O) groups excluding carboxylic acids is 4. The molecule has 3 amide bonds. The summed E-state index contributed by atoms with van der Waals surface area (Å²) in [5.41, 5.74) is 21.4. The number of carboxylic acid groups (broad SMARTS) is 2. The zero-order chi connectivity index (χ0) is 53.3. The molecule has 1 aromatic rings. The van der Waals surface area contributed by atoms with E-state index in [0.29, 0.717) is 111 Å². The van der Waals surface area contributed by atoms with Gasteiger partial charge < -0.3 is 101 Å². The van der Waals surface area contributed by atoms with Crippen LogP contribution in [-0.2, 0) is 82.6 Å². The van der Waals surface area contributed by atoms with E-state index >= 15 is 0 Å². The molecule has 0 aromatic carbocycles. The molecule has 0 spiro atoms. The van der Waals surface area contributed by atoms with E-state index in [4.69, 9.17) is 80.5 Å². The number of carboxylic acids is 2. The van der Waals surface area contributed by atoms with Gasteiger partial charge in [0.1, 0.15) is 31.9 Å². The minimum Gasteiger partial charge on any atom is -0.480 e. The Balaban J connectivity index is 0. The minimum absolute atomic E-state index is 0.00516. The van der Waals surface area contributed by atoms with Crippen molar-refractivity contribution in [3.05, 3.63) is 18.2 Å². The maximum atomic E-state index is 11.8. The summed E-state index contributed by atoms with van der Waals surface area (Å²) >= 11 is 0. The van der Waals surface area contributed by atoms with Gasteiger partial charge in [0.05, 0.1) is 105 Å². The van der Waals surface area contributed by atoms with Gasteiger partial charge in [0, 0.05) is 52.7 Å². The van der Waals surface area contributed by atoms with Gasteiger partial charge in [-0.15, -0.1) is 0 Å². The number of methoxy groups -OCH3 is 3. The number of imidazole rings is 1. The fourth-order valence-electron chi connectivity index (χ4n) is 4.97. The van der Waals surface area contributed by atoms with E-state index in [2.05, 4.69) is 35.9 Å². The average molecular weight is 1030 g/mol. The van der Waals surface area contributed by atoms with E-state index in [-0.39, 0.29) is 76.1 Å². The van der Waals surface area contributed by atoms with Gasteiger partial charge in [-0.2, -0.15) is 0 Å².